The van der Waals surface area contributed by atoms with Crippen LogP contribution in [0, 0.1) is 36.5 Å². The van der Waals surface area contributed by atoms with E-state index in [4.69, 9.17) is 10.7 Å². The van der Waals surface area contributed by atoms with Gasteiger partial charge in [0.05, 0.1) is 17.5 Å². The van der Waals surface area contributed by atoms with Gasteiger partial charge in [-0.1, -0.05) is 48.2 Å². The van der Waals surface area contributed by atoms with Crippen LogP contribution in [0.15, 0.2) is 53.7 Å². The van der Waals surface area contributed by atoms with Crippen molar-refractivity contribution in [3.8, 4) is 23.1 Å². The molecule has 1 heterocycles. The van der Waals surface area contributed by atoms with Gasteiger partial charge in [-0.15, -0.1) is 10.2 Å². The number of ketones is 1. The summed E-state index contributed by atoms with van der Waals surface area (Å²) in [5.74, 6) is -0.592. The molecule has 0 bridgehead atoms. The molecule has 0 unspecified atom stereocenters. The van der Waals surface area contributed by atoms with Gasteiger partial charge in [0.25, 0.3) is 0 Å². The predicted octanol–water partition coefficient (Wildman–Crippen LogP) is 4.39. The van der Waals surface area contributed by atoms with Crippen LogP contribution in [0.4, 0.5) is 0 Å². The van der Waals surface area contributed by atoms with Crippen molar-refractivity contribution in [3.63, 3.8) is 0 Å². The summed E-state index contributed by atoms with van der Waals surface area (Å²) in [5.41, 5.74) is 4.21. The minimum atomic E-state index is -1.02. The first-order chi connectivity index (χ1) is 13.9. The molecule has 3 rings (SSSR count). The number of hydrogen-bond acceptors (Lipinski definition) is 6. The highest BCUT2D eigenvalue weighted by atomic mass is 32.2. The van der Waals surface area contributed by atoms with Crippen LogP contribution < -0.4 is 0 Å². The average molecular weight is 404 g/mol. The first kappa shape index (κ1) is 20.5. The van der Waals surface area contributed by atoms with Gasteiger partial charge in [-0.05, 0) is 44.0 Å². The molecule has 6 nitrogen and oxygen atoms in total. The molecule has 0 radical (unpaired) electrons. The SMILES string of the molecule is CC(=N)[C@H](C#N)C(=O)CSc1nnc(-c2ccccc2)n1-c1ccc(C)c(C)c1. The summed E-state index contributed by atoms with van der Waals surface area (Å²) in [6.07, 6.45) is 0. The molecular weight excluding hydrogens is 382 g/mol. The third-order valence-corrected chi connectivity index (χ3v) is 5.59. The molecule has 3 aromatic rings. The van der Waals surface area contributed by atoms with E-state index in [-0.39, 0.29) is 17.2 Å². The number of Topliss-reactive ketones (excluding diaryl/α,β-unsaturated/α-hetero) is 1. The van der Waals surface area contributed by atoms with Gasteiger partial charge in [-0.25, -0.2) is 0 Å². The fraction of sp³-hybridized carbons (Fsp3) is 0.227. The van der Waals surface area contributed by atoms with E-state index < -0.39 is 5.92 Å². The zero-order valence-corrected chi connectivity index (χ0v) is 17.3. The Morgan fingerprint density at radius 2 is 1.90 bits per heavy atom. The summed E-state index contributed by atoms with van der Waals surface area (Å²) in [5, 5.41) is 26.0. The minimum absolute atomic E-state index is 0.0478. The van der Waals surface area contributed by atoms with Crippen molar-refractivity contribution in [3.05, 3.63) is 59.7 Å². The number of benzene rings is 2. The summed E-state index contributed by atoms with van der Waals surface area (Å²) < 4.78 is 1.93. The molecule has 0 amide bonds. The quantitative estimate of drug-likeness (QED) is 0.466. The number of carbonyl (C=O) groups is 1. The van der Waals surface area contributed by atoms with E-state index in [2.05, 4.69) is 23.2 Å². The summed E-state index contributed by atoms with van der Waals surface area (Å²) in [4.78, 5) is 12.4. The Labute approximate surface area is 174 Å². The lowest BCUT2D eigenvalue weighted by Gasteiger charge is -2.12. The topological polar surface area (TPSA) is 95.4 Å². The number of nitriles is 1. The van der Waals surface area contributed by atoms with Gasteiger partial charge in [0, 0.05) is 11.3 Å². The number of rotatable bonds is 7. The molecule has 0 aliphatic carbocycles. The molecule has 0 saturated carbocycles. The van der Waals surface area contributed by atoms with Crippen molar-refractivity contribution in [1.82, 2.24) is 14.8 Å². The molecule has 0 spiro atoms. The second-order valence-corrected chi connectivity index (χ2v) is 7.72. The first-order valence-corrected chi connectivity index (χ1v) is 10.1. The van der Waals surface area contributed by atoms with E-state index in [0.29, 0.717) is 11.0 Å². The Morgan fingerprint density at radius 1 is 1.17 bits per heavy atom. The van der Waals surface area contributed by atoms with E-state index in [9.17, 15) is 4.79 Å². The number of nitrogens with zero attached hydrogens (tertiary/aromatic N) is 4. The fourth-order valence-corrected chi connectivity index (χ4v) is 3.72. The first-order valence-electron chi connectivity index (χ1n) is 9.11. The fourth-order valence-electron chi connectivity index (χ4n) is 2.86. The second kappa shape index (κ2) is 8.84. The van der Waals surface area contributed by atoms with Gasteiger partial charge in [-0.2, -0.15) is 5.26 Å². The Kier molecular flexibility index (Phi) is 6.25. The van der Waals surface area contributed by atoms with E-state index in [1.165, 1.54) is 24.2 Å². The maximum Gasteiger partial charge on any atom is 0.196 e. The van der Waals surface area contributed by atoms with Crippen LogP contribution in [0.1, 0.15) is 18.1 Å². The summed E-state index contributed by atoms with van der Waals surface area (Å²) in [7, 11) is 0. The molecule has 1 N–H and O–H groups in total. The lowest BCUT2D eigenvalue weighted by atomic mass is 10.0. The van der Waals surface area contributed by atoms with Crippen molar-refractivity contribution in [2.24, 2.45) is 5.92 Å². The van der Waals surface area contributed by atoms with Crippen LogP contribution in [0.25, 0.3) is 17.1 Å². The van der Waals surface area contributed by atoms with E-state index >= 15 is 0 Å². The number of aromatic nitrogens is 3. The molecule has 0 saturated heterocycles. The van der Waals surface area contributed by atoms with Gasteiger partial charge >= 0.3 is 0 Å². The summed E-state index contributed by atoms with van der Waals surface area (Å²) >= 11 is 1.23. The minimum Gasteiger partial charge on any atom is -0.308 e. The van der Waals surface area contributed by atoms with Crippen molar-refractivity contribution in [2.45, 2.75) is 25.9 Å². The monoisotopic (exact) mass is 403 g/mol. The van der Waals surface area contributed by atoms with Crippen molar-refractivity contribution < 1.29 is 4.79 Å². The van der Waals surface area contributed by atoms with Crippen LogP contribution in [-0.2, 0) is 4.79 Å². The number of thioether (sulfide) groups is 1. The molecule has 0 aliphatic heterocycles. The zero-order chi connectivity index (χ0) is 21.0. The number of aryl methyl sites for hydroxylation is 2. The van der Waals surface area contributed by atoms with Crippen LogP contribution in [0.5, 0.6) is 0 Å². The average Bonchev–Trinajstić information content (AvgIpc) is 3.13. The van der Waals surface area contributed by atoms with E-state index in [1.54, 1.807) is 0 Å². The lowest BCUT2D eigenvalue weighted by molar-refractivity contribution is -0.117. The second-order valence-electron chi connectivity index (χ2n) is 6.78. The van der Waals surface area contributed by atoms with Crippen molar-refractivity contribution >= 4 is 23.3 Å². The van der Waals surface area contributed by atoms with Crippen LogP contribution in [0.2, 0.25) is 0 Å². The summed E-state index contributed by atoms with van der Waals surface area (Å²) in [6.45, 7) is 5.58. The van der Waals surface area contributed by atoms with E-state index in [0.717, 1.165) is 16.8 Å². The molecule has 0 fully saturated rings. The van der Waals surface area contributed by atoms with Gasteiger partial charge in [0.2, 0.25) is 0 Å². The highest BCUT2D eigenvalue weighted by molar-refractivity contribution is 7.99. The largest absolute Gasteiger partial charge is 0.308 e. The smallest absolute Gasteiger partial charge is 0.196 e. The molecule has 2 aromatic carbocycles. The zero-order valence-electron chi connectivity index (χ0n) is 16.5. The van der Waals surface area contributed by atoms with Crippen molar-refractivity contribution in [2.75, 3.05) is 5.75 Å². The highest BCUT2D eigenvalue weighted by Gasteiger charge is 2.22. The summed E-state index contributed by atoms with van der Waals surface area (Å²) in [6, 6.07) is 17.8. The molecule has 7 heteroatoms. The van der Waals surface area contributed by atoms with Crippen molar-refractivity contribution in [1.29, 1.82) is 10.7 Å². The molecule has 1 atom stereocenters. The van der Waals surface area contributed by atoms with Crippen LogP contribution in [-0.4, -0.2) is 32.0 Å². The standard InChI is InChI=1S/C22H21N5OS/c1-14-9-10-18(11-15(14)2)27-21(17-7-5-4-6-8-17)25-26-22(27)29-13-20(28)19(12-23)16(3)24/h4-11,19,24H,13H2,1-3H3/t19-/m0/s1. The third-order valence-electron chi connectivity index (χ3n) is 4.64. The van der Waals surface area contributed by atoms with Crippen LogP contribution in [0.3, 0.4) is 0 Å². The molecule has 0 aliphatic rings. The lowest BCUT2D eigenvalue weighted by Crippen LogP contribution is -2.21. The molecule has 29 heavy (non-hydrogen) atoms. The molecule has 146 valence electrons. The van der Waals surface area contributed by atoms with Gasteiger partial charge in [0.15, 0.2) is 16.8 Å². The molecule has 1 aromatic heterocycles. The van der Waals surface area contributed by atoms with E-state index in [1.807, 2.05) is 60.0 Å². The highest BCUT2D eigenvalue weighted by Crippen LogP contribution is 2.29. The normalized spacial score (nSPS) is 11.7. The predicted molar refractivity (Wildman–Crippen MR) is 115 cm³/mol. The Morgan fingerprint density at radius 3 is 2.52 bits per heavy atom. The maximum atomic E-state index is 12.4. The number of carbonyl (C=O) groups excluding carboxylic acids is 1. The maximum absolute atomic E-state index is 12.4. The Balaban J connectivity index is 2.01. The Hall–Kier alpha value is -3.24. The number of hydrogen-bond donors (Lipinski definition) is 1. The number of nitrogens with one attached hydrogen (secondary N) is 1. The van der Waals surface area contributed by atoms with Gasteiger partial charge in [-0.3, -0.25) is 9.36 Å². The van der Waals surface area contributed by atoms with Gasteiger partial charge < -0.3 is 5.41 Å². The van der Waals surface area contributed by atoms with Gasteiger partial charge in [0.1, 0.15) is 5.92 Å². The Bertz CT molecular complexity index is 1100. The molecular formula is C22H21N5OS. The van der Waals surface area contributed by atoms with Crippen LogP contribution >= 0.6 is 11.8 Å². The third kappa shape index (κ3) is 4.44.